The lowest BCUT2D eigenvalue weighted by atomic mass is 10.2. The highest BCUT2D eigenvalue weighted by atomic mass is 35.5. The third kappa shape index (κ3) is 2.80. The average molecular weight is 297 g/mol. The van der Waals surface area contributed by atoms with Crippen molar-refractivity contribution in [1.82, 2.24) is 15.6 Å². The van der Waals surface area contributed by atoms with E-state index in [4.69, 9.17) is 11.6 Å². The highest BCUT2D eigenvalue weighted by molar-refractivity contribution is 6.34. The van der Waals surface area contributed by atoms with Crippen LogP contribution in [0.2, 0.25) is 5.15 Å². The van der Waals surface area contributed by atoms with Crippen molar-refractivity contribution >= 4 is 33.9 Å². The van der Waals surface area contributed by atoms with E-state index in [1.807, 2.05) is 54.6 Å². The second-order valence-corrected chi connectivity index (χ2v) is 4.84. The molecule has 0 atom stereocenters. The summed E-state index contributed by atoms with van der Waals surface area (Å²) in [6, 6.07) is 17.5. The predicted molar refractivity (Wildman–Crippen MR) is 86.8 cm³/mol. The molecular weight excluding hydrogens is 284 g/mol. The second-order valence-electron chi connectivity index (χ2n) is 4.48. The van der Waals surface area contributed by atoms with Crippen molar-refractivity contribution in [1.29, 1.82) is 0 Å². The lowest BCUT2D eigenvalue weighted by molar-refractivity contribution is 0.991. The largest absolute Gasteiger partial charge is 0.300 e. The van der Waals surface area contributed by atoms with Gasteiger partial charge in [0.05, 0.1) is 5.70 Å². The molecule has 0 saturated carbocycles. The quantitative estimate of drug-likeness (QED) is 0.718. The van der Waals surface area contributed by atoms with Gasteiger partial charge in [0.2, 0.25) is 0 Å². The van der Waals surface area contributed by atoms with Crippen LogP contribution in [-0.4, -0.2) is 10.2 Å². The highest BCUT2D eigenvalue weighted by Crippen LogP contribution is 2.25. The molecule has 0 radical (unpaired) electrons. The summed E-state index contributed by atoms with van der Waals surface area (Å²) in [6.07, 6.45) is 0. The van der Waals surface area contributed by atoms with E-state index < -0.39 is 0 Å². The molecule has 0 aliphatic carbocycles. The molecule has 0 aliphatic heterocycles. The number of anilines is 1. The van der Waals surface area contributed by atoms with E-state index in [0.717, 1.165) is 22.0 Å². The number of hydrogen-bond donors (Lipinski definition) is 2. The molecule has 2 N–H and O–H groups in total. The fraction of sp³-hybridized carbons (Fsp3) is 0. The summed E-state index contributed by atoms with van der Waals surface area (Å²) < 4.78 is 0. The minimum atomic E-state index is 0.387. The Morgan fingerprint density at radius 1 is 0.905 bits per heavy atom. The molecule has 3 rings (SSSR count). The fourth-order valence-corrected chi connectivity index (χ4v) is 2.21. The lowest BCUT2D eigenvalue weighted by Gasteiger charge is -2.13. The van der Waals surface area contributed by atoms with Crippen LogP contribution in [0.5, 0.6) is 0 Å². The Morgan fingerprint density at radius 3 is 2.33 bits per heavy atom. The summed E-state index contributed by atoms with van der Waals surface area (Å²) in [5.41, 5.74) is 7.81. The summed E-state index contributed by atoms with van der Waals surface area (Å²) in [6.45, 7) is 3.99. The first-order valence-electron chi connectivity index (χ1n) is 6.43. The Balaban J connectivity index is 1.83. The van der Waals surface area contributed by atoms with Crippen LogP contribution in [0.4, 0.5) is 5.82 Å². The first kappa shape index (κ1) is 13.4. The standard InChI is InChI=1S/C16H13ClN4/c1-11(12-7-3-2-4-8-12)18-20-16-14-10-6-5-9-13(14)15(17)19-21-16/h2-10,18H,1H2,(H,20,21). The van der Waals surface area contributed by atoms with Gasteiger partial charge in [0.1, 0.15) is 0 Å². The van der Waals surface area contributed by atoms with E-state index in [2.05, 4.69) is 27.6 Å². The first-order valence-corrected chi connectivity index (χ1v) is 6.81. The van der Waals surface area contributed by atoms with Gasteiger partial charge in [-0.15, -0.1) is 10.2 Å². The van der Waals surface area contributed by atoms with E-state index in [1.165, 1.54) is 0 Å². The molecule has 21 heavy (non-hydrogen) atoms. The molecule has 0 aliphatic rings. The third-order valence-corrected chi connectivity index (χ3v) is 3.38. The van der Waals surface area contributed by atoms with E-state index in [0.29, 0.717) is 11.0 Å². The van der Waals surface area contributed by atoms with Crippen molar-refractivity contribution in [2.75, 3.05) is 5.43 Å². The molecule has 0 spiro atoms. The number of aromatic nitrogens is 2. The molecular formula is C16H13ClN4. The van der Waals surface area contributed by atoms with Crippen molar-refractivity contribution in [3.05, 3.63) is 71.9 Å². The number of rotatable bonds is 4. The lowest BCUT2D eigenvalue weighted by Crippen LogP contribution is -2.20. The maximum absolute atomic E-state index is 6.05. The van der Waals surface area contributed by atoms with Crippen LogP contribution in [0.3, 0.4) is 0 Å². The molecule has 104 valence electrons. The number of fused-ring (bicyclic) bond motifs is 1. The number of hydrogen-bond acceptors (Lipinski definition) is 4. The van der Waals surface area contributed by atoms with Crippen LogP contribution in [0.1, 0.15) is 5.56 Å². The SMILES string of the molecule is C=C(NNc1nnc(Cl)c2ccccc12)c1ccccc1. The van der Waals surface area contributed by atoms with E-state index in [1.54, 1.807) is 0 Å². The molecule has 0 unspecified atom stereocenters. The van der Waals surface area contributed by atoms with Gasteiger partial charge in [0.25, 0.3) is 0 Å². The number of nitrogens with one attached hydrogen (secondary N) is 2. The minimum absolute atomic E-state index is 0.387. The van der Waals surface area contributed by atoms with Gasteiger partial charge in [0.15, 0.2) is 11.0 Å². The molecule has 1 aromatic heterocycles. The van der Waals surface area contributed by atoms with Crippen LogP contribution < -0.4 is 10.9 Å². The molecule has 2 aromatic carbocycles. The first-order chi connectivity index (χ1) is 10.3. The predicted octanol–water partition coefficient (Wildman–Crippen LogP) is 3.87. The Hall–Kier alpha value is -2.59. The zero-order chi connectivity index (χ0) is 14.7. The normalized spacial score (nSPS) is 10.3. The van der Waals surface area contributed by atoms with Gasteiger partial charge in [-0.05, 0) is 5.56 Å². The van der Waals surface area contributed by atoms with Crippen LogP contribution >= 0.6 is 11.6 Å². The van der Waals surface area contributed by atoms with Gasteiger partial charge >= 0.3 is 0 Å². The summed E-state index contributed by atoms with van der Waals surface area (Å²) in [7, 11) is 0. The maximum Gasteiger partial charge on any atom is 0.175 e. The fourth-order valence-electron chi connectivity index (χ4n) is 2.01. The smallest absolute Gasteiger partial charge is 0.175 e. The monoisotopic (exact) mass is 296 g/mol. The summed E-state index contributed by atoms with van der Waals surface area (Å²) in [4.78, 5) is 0. The van der Waals surface area contributed by atoms with Gasteiger partial charge in [-0.2, -0.15) is 0 Å². The van der Waals surface area contributed by atoms with Crippen molar-refractivity contribution in [3.63, 3.8) is 0 Å². The zero-order valence-electron chi connectivity index (χ0n) is 11.2. The molecule has 1 heterocycles. The van der Waals surface area contributed by atoms with Crippen molar-refractivity contribution in [2.45, 2.75) is 0 Å². The minimum Gasteiger partial charge on any atom is -0.300 e. The summed E-state index contributed by atoms with van der Waals surface area (Å²) in [5, 5.41) is 10.1. The van der Waals surface area contributed by atoms with Crippen molar-refractivity contribution in [2.24, 2.45) is 0 Å². The van der Waals surface area contributed by atoms with E-state index in [-0.39, 0.29) is 0 Å². The number of nitrogens with zero attached hydrogens (tertiary/aromatic N) is 2. The summed E-state index contributed by atoms with van der Waals surface area (Å²) in [5.74, 6) is 0.604. The molecule has 3 aromatic rings. The number of halogens is 1. The van der Waals surface area contributed by atoms with Gasteiger partial charge in [-0.1, -0.05) is 72.8 Å². The average Bonchev–Trinajstić information content (AvgIpc) is 2.55. The maximum atomic E-state index is 6.05. The molecule has 4 nitrogen and oxygen atoms in total. The van der Waals surface area contributed by atoms with Gasteiger partial charge < -0.3 is 0 Å². The zero-order valence-corrected chi connectivity index (χ0v) is 11.9. The Bertz CT molecular complexity index is 787. The second kappa shape index (κ2) is 5.81. The van der Waals surface area contributed by atoms with Crippen molar-refractivity contribution in [3.8, 4) is 0 Å². The van der Waals surface area contributed by atoms with Crippen LogP contribution in [0, 0.1) is 0 Å². The topological polar surface area (TPSA) is 49.8 Å². The van der Waals surface area contributed by atoms with Gasteiger partial charge in [-0.25, -0.2) is 0 Å². The molecule has 0 saturated heterocycles. The Labute approximate surface area is 127 Å². The molecule has 5 heteroatoms. The summed E-state index contributed by atoms with van der Waals surface area (Å²) >= 11 is 6.05. The Morgan fingerprint density at radius 2 is 1.57 bits per heavy atom. The van der Waals surface area contributed by atoms with E-state index in [9.17, 15) is 0 Å². The Kier molecular flexibility index (Phi) is 3.71. The van der Waals surface area contributed by atoms with Crippen LogP contribution in [0.15, 0.2) is 61.2 Å². The van der Waals surface area contributed by atoms with Crippen LogP contribution in [-0.2, 0) is 0 Å². The molecule has 0 fully saturated rings. The number of benzene rings is 2. The van der Waals surface area contributed by atoms with Gasteiger partial charge in [-0.3, -0.25) is 10.9 Å². The molecule has 0 bridgehead atoms. The third-order valence-electron chi connectivity index (χ3n) is 3.10. The van der Waals surface area contributed by atoms with Crippen molar-refractivity contribution < 1.29 is 0 Å². The van der Waals surface area contributed by atoms with Crippen LogP contribution in [0.25, 0.3) is 16.5 Å². The number of hydrazine groups is 1. The van der Waals surface area contributed by atoms with E-state index >= 15 is 0 Å². The highest BCUT2D eigenvalue weighted by Gasteiger charge is 2.07. The van der Waals surface area contributed by atoms with Gasteiger partial charge in [0, 0.05) is 10.8 Å². The molecule has 0 amide bonds.